The molecular weight excluding hydrogens is 295 g/mol. The number of carbonyl (C=O) groups is 1. The van der Waals surface area contributed by atoms with Gasteiger partial charge in [-0.15, -0.1) is 0 Å². The van der Waals surface area contributed by atoms with Crippen LogP contribution >= 0.6 is 0 Å². The van der Waals surface area contributed by atoms with Crippen LogP contribution < -0.4 is 5.32 Å². The molecule has 0 spiro atoms. The van der Waals surface area contributed by atoms with Gasteiger partial charge in [0.15, 0.2) is 0 Å². The Kier molecular flexibility index (Phi) is 5.45. The summed E-state index contributed by atoms with van der Waals surface area (Å²) >= 11 is 0. The lowest BCUT2D eigenvalue weighted by molar-refractivity contribution is -0.123. The molecule has 0 saturated heterocycles. The highest BCUT2D eigenvalue weighted by molar-refractivity contribution is 5.84. The van der Waals surface area contributed by atoms with E-state index in [4.69, 9.17) is 0 Å². The van der Waals surface area contributed by atoms with Crippen LogP contribution in [0.4, 0.5) is 4.39 Å². The highest BCUT2D eigenvalue weighted by atomic mass is 19.1. The molecule has 1 aromatic carbocycles. The quantitative estimate of drug-likeness (QED) is 0.860. The lowest BCUT2D eigenvalue weighted by atomic mass is 9.92. The third-order valence-electron chi connectivity index (χ3n) is 3.42. The summed E-state index contributed by atoms with van der Waals surface area (Å²) in [6.07, 6.45) is 2.08. The molecule has 0 bridgehead atoms. The number of hydrogen-bond acceptors (Lipinski definition) is 3. The number of hydrogen-bond donors (Lipinski definition) is 2. The molecule has 122 valence electrons. The lowest BCUT2D eigenvalue weighted by Crippen LogP contribution is -2.40. The number of nitrogens with one attached hydrogen (secondary N) is 1. The smallest absolute Gasteiger partial charge is 0.228 e. The van der Waals surface area contributed by atoms with Crippen LogP contribution in [0.5, 0.6) is 0 Å². The molecule has 1 unspecified atom stereocenters. The summed E-state index contributed by atoms with van der Waals surface area (Å²) < 4.78 is 13.1. The third kappa shape index (κ3) is 5.45. The van der Waals surface area contributed by atoms with E-state index in [0.29, 0.717) is 12.0 Å². The summed E-state index contributed by atoms with van der Waals surface area (Å²) in [6, 6.07) is 11.4. The molecule has 2 aromatic rings. The Bertz CT molecular complexity index is 636. The van der Waals surface area contributed by atoms with Crippen LogP contribution in [0.15, 0.2) is 48.7 Å². The van der Waals surface area contributed by atoms with Crippen LogP contribution in [0.2, 0.25) is 0 Å². The fourth-order valence-electron chi connectivity index (χ4n) is 2.21. The first-order chi connectivity index (χ1) is 10.8. The molecule has 2 N–H and O–H groups in total. The van der Waals surface area contributed by atoms with Gasteiger partial charge in [-0.25, -0.2) is 4.39 Å². The van der Waals surface area contributed by atoms with E-state index in [2.05, 4.69) is 10.3 Å². The Labute approximate surface area is 135 Å². The molecule has 1 aromatic heterocycles. The number of halogens is 1. The number of aliphatic hydroxyl groups is 1. The third-order valence-corrected chi connectivity index (χ3v) is 3.42. The minimum atomic E-state index is -0.992. The van der Waals surface area contributed by atoms with Gasteiger partial charge in [0, 0.05) is 24.9 Å². The Morgan fingerprint density at radius 1 is 1.26 bits per heavy atom. The average molecular weight is 316 g/mol. The molecule has 0 aliphatic rings. The topological polar surface area (TPSA) is 62.2 Å². The van der Waals surface area contributed by atoms with Crippen molar-refractivity contribution in [2.24, 2.45) is 0 Å². The number of carbonyl (C=O) groups excluding carboxylic acids is 1. The van der Waals surface area contributed by atoms with E-state index in [-0.39, 0.29) is 18.3 Å². The number of nitrogens with zero attached hydrogens (tertiary/aromatic N) is 1. The van der Waals surface area contributed by atoms with Gasteiger partial charge in [-0.2, -0.15) is 0 Å². The largest absolute Gasteiger partial charge is 0.389 e. The normalized spacial score (nSPS) is 12.7. The fraction of sp³-hybridized carbons (Fsp3) is 0.333. The minimum Gasteiger partial charge on any atom is -0.389 e. The molecule has 0 aliphatic carbocycles. The first kappa shape index (κ1) is 17.1. The van der Waals surface area contributed by atoms with Crippen LogP contribution in [0.3, 0.4) is 0 Å². The Balaban J connectivity index is 2.20. The number of rotatable bonds is 6. The molecule has 0 saturated carbocycles. The highest BCUT2D eigenvalue weighted by Crippen LogP contribution is 2.21. The summed E-state index contributed by atoms with van der Waals surface area (Å²) in [6.45, 7) is 3.39. The van der Waals surface area contributed by atoms with Crippen molar-refractivity contribution in [3.63, 3.8) is 0 Å². The van der Waals surface area contributed by atoms with Crippen molar-refractivity contribution >= 4 is 5.91 Å². The van der Waals surface area contributed by atoms with E-state index in [1.165, 1.54) is 12.1 Å². The Morgan fingerprint density at radius 2 is 1.96 bits per heavy atom. The van der Waals surface area contributed by atoms with Crippen molar-refractivity contribution < 1.29 is 14.3 Å². The summed E-state index contributed by atoms with van der Waals surface area (Å²) in [5.41, 5.74) is 0.499. The Hall–Kier alpha value is -2.27. The van der Waals surface area contributed by atoms with Gasteiger partial charge in [0.2, 0.25) is 5.91 Å². The number of pyridine rings is 1. The zero-order valence-electron chi connectivity index (χ0n) is 13.3. The molecule has 0 radical (unpaired) electrons. The first-order valence-corrected chi connectivity index (χ1v) is 7.50. The summed E-state index contributed by atoms with van der Waals surface area (Å²) in [5.74, 6) is -1.06. The molecule has 23 heavy (non-hydrogen) atoms. The predicted molar refractivity (Wildman–Crippen MR) is 86.4 cm³/mol. The van der Waals surface area contributed by atoms with E-state index >= 15 is 0 Å². The lowest BCUT2D eigenvalue weighted by Gasteiger charge is -2.21. The summed E-state index contributed by atoms with van der Waals surface area (Å²) in [7, 11) is 0. The second kappa shape index (κ2) is 7.33. The molecule has 4 nitrogen and oxygen atoms in total. The van der Waals surface area contributed by atoms with Crippen molar-refractivity contribution in [1.82, 2.24) is 10.3 Å². The number of amides is 1. The van der Waals surface area contributed by atoms with E-state index in [9.17, 15) is 14.3 Å². The standard InChI is InChI=1S/C18H21FN2O2/c1-18(2,23)12-21-17(22)16(11-15-5-3-4-10-20-15)13-6-8-14(19)9-7-13/h3-10,16,23H,11-12H2,1-2H3,(H,21,22). The van der Waals surface area contributed by atoms with Gasteiger partial charge in [0.1, 0.15) is 5.82 Å². The van der Waals surface area contributed by atoms with Gasteiger partial charge in [-0.3, -0.25) is 9.78 Å². The van der Waals surface area contributed by atoms with E-state index < -0.39 is 11.5 Å². The zero-order valence-corrected chi connectivity index (χ0v) is 13.3. The van der Waals surface area contributed by atoms with E-state index in [1.54, 1.807) is 32.2 Å². The molecular formula is C18H21FN2O2. The van der Waals surface area contributed by atoms with E-state index in [1.807, 2.05) is 18.2 Å². The predicted octanol–water partition coefficient (Wildman–Crippen LogP) is 2.43. The molecule has 1 atom stereocenters. The van der Waals surface area contributed by atoms with Gasteiger partial charge in [0.25, 0.3) is 0 Å². The van der Waals surface area contributed by atoms with Crippen molar-refractivity contribution in [3.8, 4) is 0 Å². The van der Waals surface area contributed by atoms with Crippen LogP contribution in [0.25, 0.3) is 0 Å². The SMILES string of the molecule is CC(C)(O)CNC(=O)C(Cc1ccccn1)c1ccc(F)cc1. The average Bonchev–Trinajstić information content (AvgIpc) is 2.52. The second-order valence-electron chi connectivity index (χ2n) is 6.16. The number of aromatic nitrogens is 1. The maximum Gasteiger partial charge on any atom is 0.228 e. The van der Waals surface area contributed by atoms with Crippen molar-refractivity contribution in [3.05, 3.63) is 65.7 Å². The molecule has 0 aliphatic heterocycles. The first-order valence-electron chi connectivity index (χ1n) is 7.50. The molecule has 0 fully saturated rings. The molecule has 5 heteroatoms. The van der Waals surface area contributed by atoms with Crippen molar-refractivity contribution in [1.29, 1.82) is 0 Å². The van der Waals surface area contributed by atoms with Crippen LogP contribution in [0, 0.1) is 5.82 Å². The van der Waals surface area contributed by atoms with Crippen LogP contribution in [0.1, 0.15) is 31.0 Å². The fourth-order valence-corrected chi connectivity index (χ4v) is 2.21. The van der Waals surface area contributed by atoms with Gasteiger partial charge < -0.3 is 10.4 Å². The van der Waals surface area contributed by atoms with Gasteiger partial charge in [-0.1, -0.05) is 18.2 Å². The molecule has 1 amide bonds. The number of benzene rings is 1. The van der Waals surface area contributed by atoms with Crippen molar-refractivity contribution in [2.45, 2.75) is 31.8 Å². The maximum atomic E-state index is 13.1. The van der Waals surface area contributed by atoms with Crippen LogP contribution in [-0.4, -0.2) is 28.1 Å². The molecule has 2 rings (SSSR count). The monoisotopic (exact) mass is 316 g/mol. The van der Waals surface area contributed by atoms with Crippen molar-refractivity contribution in [2.75, 3.05) is 6.54 Å². The zero-order chi connectivity index (χ0) is 16.9. The minimum absolute atomic E-state index is 0.145. The maximum absolute atomic E-state index is 13.1. The van der Waals surface area contributed by atoms with Crippen LogP contribution in [-0.2, 0) is 11.2 Å². The van der Waals surface area contributed by atoms with Gasteiger partial charge in [0.05, 0.1) is 11.5 Å². The highest BCUT2D eigenvalue weighted by Gasteiger charge is 2.23. The van der Waals surface area contributed by atoms with Gasteiger partial charge in [-0.05, 0) is 43.7 Å². The Morgan fingerprint density at radius 3 is 2.52 bits per heavy atom. The summed E-state index contributed by atoms with van der Waals surface area (Å²) in [4.78, 5) is 16.8. The summed E-state index contributed by atoms with van der Waals surface area (Å²) in [5, 5.41) is 12.5. The molecule has 1 heterocycles. The van der Waals surface area contributed by atoms with Gasteiger partial charge >= 0.3 is 0 Å². The van der Waals surface area contributed by atoms with E-state index in [0.717, 1.165) is 5.69 Å². The second-order valence-corrected chi connectivity index (χ2v) is 6.16.